The van der Waals surface area contributed by atoms with Crippen LogP contribution in [0.1, 0.15) is 30.4 Å². The molecule has 0 aliphatic rings. The van der Waals surface area contributed by atoms with Gasteiger partial charge in [0, 0.05) is 10.9 Å². The average Bonchev–Trinajstić information content (AvgIpc) is 2.59. The molecule has 3 aromatic rings. The van der Waals surface area contributed by atoms with Crippen molar-refractivity contribution in [1.82, 2.24) is 0 Å². The maximum Gasteiger partial charge on any atom is 0.137 e. The summed E-state index contributed by atoms with van der Waals surface area (Å²) in [4.78, 5) is 12.0. The maximum atomic E-state index is 12.0. The standard InChI is InChI=1S/C22H19ClO/c1-16(24)22(19-11-13-21(23)14-12-19)8-4-5-17-9-10-18-6-2-3-7-20(18)15-17/h2-7,9-15,22H,8H2,1H3. The molecule has 0 aliphatic heterocycles. The largest absolute Gasteiger partial charge is 0.299 e. The molecule has 3 rings (SSSR count). The summed E-state index contributed by atoms with van der Waals surface area (Å²) in [5, 5.41) is 3.14. The molecule has 0 aromatic heterocycles. The number of allylic oxidation sites excluding steroid dienone is 1. The van der Waals surface area contributed by atoms with Crippen molar-refractivity contribution in [2.45, 2.75) is 19.3 Å². The second-order valence-electron chi connectivity index (χ2n) is 5.96. The summed E-state index contributed by atoms with van der Waals surface area (Å²) in [5.74, 6) is 0.0412. The number of benzene rings is 3. The first-order valence-electron chi connectivity index (χ1n) is 8.05. The molecular weight excluding hydrogens is 316 g/mol. The molecule has 0 fully saturated rings. The number of Topliss-reactive ketones (excluding diaryl/α,β-unsaturated/α-hetero) is 1. The molecule has 3 aromatic carbocycles. The average molecular weight is 335 g/mol. The monoisotopic (exact) mass is 334 g/mol. The van der Waals surface area contributed by atoms with Crippen LogP contribution in [0.4, 0.5) is 0 Å². The van der Waals surface area contributed by atoms with Gasteiger partial charge < -0.3 is 0 Å². The highest BCUT2D eigenvalue weighted by Gasteiger charge is 2.14. The van der Waals surface area contributed by atoms with Gasteiger partial charge in [-0.3, -0.25) is 4.79 Å². The highest BCUT2D eigenvalue weighted by Crippen LogP contribution is 2.24. The Bertz CT molecular complexity index is 878. The van der Waals surface area contributed by atoms with Crippen LogP contribution in [0.25, 0.3) is 16.8 Å². The lowest BCUT2D eigenvalue weighted by Gasteiger charge is -2.12. The van der Waals surface area contributed by atoms with Gasteiger partial charge in [-0.1, -0.05) is 72.3 Å². The minimum atomic E-state index is -0.126. The Morgan fingerprint density at radius 2 is 1.71 bits per heavy atom. The highest BCUT2D eigenvalue weighted by atomic mass is 35.5. The molecule has 0 spiro atoms. The third-order valence-corrected chi connectivity index (χ3v) is 4.47. The van der Waals surface area contributed by atoms with Crippen molar-refractivity contribution in [1.29, 1.82) is 0 Å². The summed E-state index contributed by atoms with van der Waals surface area (Å²) >= 11 is 5.93. The number of hydrogen-bond acceptors (Lipinski definition) is 1. The second kappa shape index (κ2) is 7.46. The van der Waals surface area contributed by atoms with Crippen LogP contribution in [0.2, 0.25) is 5.02 Å². The zero-order chi connectivity index (χ0) is 16.9. The van der Waals surface area contributed by atoms with Gasteiger partial charge in [0.1, 0.15) is 5.78 Å². The van der Waals surface area contributed by atoms with Crippen LogP contribution in [-0.2, 0) is 4.79 Å². The van der Waals surface area contributed by atoms with Crippen molar-refractivity contribution in [3.63, 3.8) is 0 Å². The van der Waals surface area contributed by atoms with Crippen LogP contribution in [0.3, 0.4) is 0 Å². The molecule has 0 saturated carbocycles. The summed E-state index contributed by atoms with van der Waals surface area (Å²) in [6, 6.07) is 22.2. The molecule has 0 aliphatic carbocycles. The Balaban J connectivity index is 1.76. The van der Waals surface area contributed by atoms with E-state index in [0.717, 1.165) is 11.1 Å². The molecule has 24 heavy (non-hydrogen) atoms. The first-order chi connectivity index (χ1) is 11.6. The van der Waals surface area contributed by atoms with Crippen molar-refractivity contribution in [3.05, 3.63) is 89.0 Å². The van der Waals surface area contributed by atoms with Gasteiger partial charge in [0.2, 0.25) is 0 Å². The number of hydrogen-bond donors (Lipinski definition) is 0. The van der Waals surface area contributed by atoms with Crippen LogP contribution in [0.5, 0.6) is 0 Å². The molecule has 1 atom stereocenters. The predicted molar refractivity (Wildman–Crippen MR) is 102 cm³/mol. The summed E-state index contributed by atoms with van der Waals surface area (Å²) in [5.41, 5.74) is 2.15. The van der Waals surface area contributed by atoms with E-state index in [1.165, 1.54) is 10.8 Å². The number of carbonyl (C=O) groups excluding carboxylic acids is 1. The van der Waals surface area contributed by atoms with Crippen molar-refractivity contribution in [3.8, 4) is 0 Å². The minimum absolute atomic E-state index is 0.126. The first kappa shape index (κ1) is 16.5. The van der Waals surface area contributed by atoms with Crippen LogP contribution in [0.15, 0.2) is 72.8 Å². The third kappa shape index (κ3) is 3.93. The van der Waals surface area contributed by atoms with Gasteiger partial charge in [-0.15, -0.1) is 0 Å². The lowest BCUT2D eigenvalue weighted by Crippen LogP contribution is -2.07. The summed E-state index contributed by atoms with van der Waals surface area (Å²) in [6.07, 6.45) is 4.84. The Kier molecular flexibility index (Phi) is 5.12. The number of fused-ring (bicyclic) bond motifs is 1. The van der Waals surface area contributed by atoms with E-state index >= 15 is 0 Å². The van der Waals surface area contributed by atoms with Crippen LogP contribution >= 0.6 is 11.6 Å². The smallest absolute Gasteiger partial charge is 0.137 e. The van der Waals surface area contributed by atoms with E-state index in [1.807, 2.05) is 36.4 Å². The first-order valence-corrected chi connectivity index (χ1v) is 8.42. The van der Waals surface area contributed by atoms with E-state index in [-0.39, 0.29) is 11.7 Å². The lowest BCUT2D eigenvalue weighted by atomic mass is 9.92. The Labute approximate surface area is 147 Å². The molecule has 120 valence electrons. The zero-order valence-electron chi connectivity index (χ0n) is 13.6. The van der Waals surface area contributed by atoms with E-state index < -0.39 is 0 Å². The lowest BCUT2D eigenvalue weighted by molar-refractivity contribution is -0.118. The quantitative estimate of drug-likeness (QED) is 0.537. The molecule has 0 heterocycles. The zero-order valence-corrected chi connectivity index (χ0v) is 14.3. The highest BCUT2D eigenvalue weighted by molar-refractivity contribution is 6.30. The Hall–Kier alpha value is -2.38. The minimum Gasteiger partial charge on any atom is -0.299 e. The molecule has 0 N–H and O–H groups in total. The van der Waals surface area contributed by atoms with Crippen molar-refractivity contribution >= 4 is 34.2 Å². The van der Waals surface area contributed by atoms with E-state index in [1.54, 1.807) is 6.92 Å². The number of rotatable bonds is 5. The van der Waals surface area contributed by atoms with Crippen molar-refractivity contribution in [2.75, 3.05) is 0 Å². The van der Waals surface area contributed by atoms with Crippen molar-refractivity contribution in [2.24, 2.45) is 0 Å². The fraction of sp³-hybridized carbons (Fsp3) is 0.136. The van der Waals surface area contributed by atoms with Gasteiger partial charge >= 0.3 is 0 Å². The molecule has 0 bridgehead atoms. The predicted octanol–water partition coefficient (Wildman–Crippen LogP) is 6.27. The summed E-state index contributed by atoms with van der Waals surface area (Å²) < 4.78 is 0. The van der Waals surface area contributed by atoms with Crippen molar-refractivity contribution < 1.29 is 4.79 Å². The molecule has 1 unspecified atom stereocenters. The Morgan fingerprint density at radius 1 is 1.00 bits per heavy atom. The number of ketones is 1. The fourth-order valence-electron chi connectivity index (χ4n) is 2.88. The SMILES string of the molecule is CC(=O)C(CC=Cc1ccc2ccccc2c1)c1ccc(Cl)cc1. The number of carbonyl (C=O) groups is 1. The molecule has 2 heteroatoms. The third-order valence-electron chi connectivity index (χ3n) is 4.22. The van der Waals surface area contributed by atoms with Gasteiger partial charge in [-0.25, -0.2) is 0 Å². The number of halogens is 1. The normalized spacial score (nSPS) is 12.6. The van der Waals surface area contributed by atoms with E-state index in [0.29, 0.717) is 11.4 Å². The molecular formula is C22H19ClO. The van der Waals surface area contributed by atoms with E-state index in [4.69, 9.17) is 11.6 Å². The fourth-order valence-corrected chi connectivity index (χ4v) is 3.01. The van der Waals surface area contributed by atoms with Gasteiger partial charge in [0.15, 0.2) is 0 Å². The van der Waals surface area contributed by atoms with Gasteiger partial charge in [-0.2, -0.15) is 0 Å². The topological polar surface area (TPSA) is 17.1 Å². The molecule has 0 amide bonds. The summed E-state index contributed by atoms with van der Waals surface area (Å²) in [7, 11) is 0. The molecule has 1 nitrogen and oxygen atoms in total. The van der Waals surface area contributed by atoms with E-state index in [2.05, 4.69) is 42.5 Å². The van der Waals surface area contributed by atoms with Crippen LogP contribution < -0.4 is 0 Å². The maximum absolute atomic E-state index is 12.0. The van der Waals surface area contributed by atoms with Crippen LogP contribution in [-0.4, -0.2) is 5.78 Å². The molecule has 0 saturated heterocycles. The Morgan fingerprint density at radius 3 is 2.42 bits per heavy atom. The van der Waals surface area contributed by atoms with Gasteiger partial charge in [0.25, 0.3) is 0 Å². The second-order valence-corrected chi connectivity index (χ2v) is 6.40. The van der Waals surface area contributed by atoms with Crippen LogP contribution in [0, 0.1) is 0 Å². The molecule has 0 radical (unpaired) electrons. The van der Waals surface area contributed by atoms with Gasteiger partial charge in [-0.05, 0) is 53.4 Å². The van der Waals surface area contributed by atoms with E-state index in [9.17, 15) is 4.79 Å². The summed E-state index contributed by atoms with van der Waals surface area (Å²) in [6.45, 7) is 1.64. The van der Waals surface area contributed by atoms with Gasteiger partial charge in [0.05, 0.1) is 0 Å².